The number of rotatable bonds is 24. The van der Waals surface area contributed by atoms with Crippen LogP contribution in [0.25, 0.3) is 21.9 Å². The zero-order valence-electron chi connectivity index (χ0n) is 29.3. The van der Waals surface area contributed by atoms with E-state index in [9.17, 15) is 24.2 Å². The van der Waals surface area contributed by atoms with Crippen LogP contribution in [0, 0.1) is 0 Å². The molecule has 4 N–H and O–H groups in total. The number of nitrogens with zero attached hydrogens (tertiary/aromatic N) is 3. The molecule has 1 aromatic carbocycles. The van der Waals surface area contributed by atoms with Gasteiger partial charge in [0.2, 0.25) is 0 Å². The number of esters is 2. The highest BCUT2D eigenvalue weighted by atomic mass is 31.2. The third-order valence-electron chi connectivity index (χ3n) is 7.42. The number of carbonyl (C=O) groups is 2. The summed E-state index contributed by atoms with van der Waals surface area (Å²) < 4.78 is 41.1. The van der Waals surface area contributed by atoms with E-state index in [1.54, 1.807) is 24.3 Å². The molecule has 3 aromatic rings. The molecule has 3 rings (SSSR count). The third-order valence-corrected chi connectivity index (χ3v) is 8.40. The normalized spacial score (nSPS) is 13.7. The minimum atomic E-state index is -4.50. The number of aliphatic hydroxyl groups is 1. The third kappa shape index (κ3) is 13.1. The number of fused-ring (bicyclic) bond motifs is 3. The largest absolute Gasteiger partial charge is 0.494 e. The van der Waals surface area contributed by atoms with Crippen molar-refractivity contribution in [1.82, 2.24) is 14.5 Å². The Morgan fingerprint density at radius 3 is 2.38 bits per heavy atom. The van der Waals surface area contributed by atoms with Gasteiger partial charge in [-0.1, -0.05) is 51.5 Å². The summed E-state index contributed by atoms with van der Waals surface area (Å²) >= 11 is 0. The smallest absolute Gasteiger partial charge is 0.472 e. The number of aromatic nitrogens is 3. The van der Waals surface area contributed by atoms with Crippen LogP contribution in [0.4, 0.5) is 5.82 Å². The fraction of sp³-hybridized carbons (Fsp3) is 0.543. The van der Waals surface area contributed by atoms with Crippen molar-refractivity contribution in [3.8, 4) is 5.75 Å². The number of aliphatic hydroxyl groups excluding tert-OH is 1. The van der Waals surface area contributed by atoms with Gasteiger partial charge < -0.3 is 34.5 Å². The number of hydrogen-bond donors (Lipinski definition) is 3. The van der Waals surface area contributed by atoms with Crippen LogP contribution in [-0.2, 0) is 45.6 Å². The van der Waals surface area contributed by atoms with Crippen LogP contribution in [0.1, 0.15) is 78.0 Å². The first-order chi connectivity index (χ1) is 24.1. The number of aryl methyl sites for hydroxylation is 1. The topological polar surface area (TPSA) is 195 Å². The van der Waals surface area contributed by atoms with Crippen LogP contribution >= 0.6 is 7.82 Å². The van der Waals surface area contributed by atoms with Crippen molar-refractivity contribution in [3.63, 3.8) is 0 Å². The molecule has 15 heteroatoms. The van der Waals surface area contributed by atoms with Gasteiger partial charge in [0.05, 0.1) is 50.3 Å². The molecular formula is C35H51N4O10P. The standard InChI is InChI=1S/C35H51N4O10P/c1-4-7-10-15-31(41)46-24-27(49-32(42)16-11-8-5-2)25-48-50(43,44)47-22-13-12-21-45-26-17-18-28-29(23-26)37-35(36)33-34(28)39(19-20-40)30(38-33)14-9-6-3/h7-8,10-11,17-18,23,27,40H,4-6,9,12-16,19-22,24-25H2,1-3H3,(H2,36,37)(H,43,44)/b10-7-,11-8-/t27-/m1/s1. The van der Waals surface area contributed by atoms with Gasteiger partial charge in [0.1, 0.15) is 23.7 Å². The number of carbonyl (C=O) groups excluding carboxylic acids is 2. The Bertz CT molecular complexity index is 1640. The molecule has 0 spiro atoms. The highest BCUT2D eigenvalue weighted by Crippen LogP contribution is 2.43. The Labute approximate surface area is 293 Å². The molecule has 0 amide bonds. The molecular weight excluding hydrogens is 667 g/mol. The maximum Gasteiger partial charge on any atom is 0.472 e. The molecule has 0 radical (unpaired) electrons. The predicted octanol–water partition coefficient (Wildman–Crippen LogP) is 5.96. The molecule has 2 atom stereocenters. The maximum atomic E-state index is 12.5. The minimum absolute atomic E-state index is 0.00319. The van der Waals surface area contributed by atoms with E-state index < -0.39 is 32.5 Å². The van der Waals surface area contributed by atoms with Crippen LogP contribution in [0.5, 0.6) is 5.75 Å². The molecule has 0 aliphatic heterocycles. The second-order valence-corrected chi connectivity index (χ2v) is 12.9. The number of nitrogen functional groups attached to an aromatic ring is 1. The van der Waals surface area contributed by atoms with Crippen molar-refractivity contribution in [2.24, 2.45) is 0 Å². The SMILES string of the molecule is CC/C=C\CC(=O)OC[C@H](COP(=O)(O)OCCCCOc1ccc2c(c1)nc(N)c1nc(CCCC)n(CCO)c12)OC(=O)C/C=C\CC. The maximum absolute atomic E-state index is 12.5. The van der Waals surface area contributed by atoms with E-state index in [1.807, 2.05) is 36.6 Å². The van der Waals surface area contributed by atoms with Gasteiger partial charge >= 0.3 is 19.8 Å². The lowest BCUT2D eigenvalue weighted by atomic mass is 10.1. The predicted molar refractivity (Wildman–Crippen MR) is 191 cm³/mol. The number of allylic oxidation sites excluding steroid dienone is 2. The van der Waals surface area contributed by atoms with E-state index in [4.69, 9.17) is 34.0 Å². The van der Waals surface area contributed by atoms with Gasteiger partial charge in [0.25, 0.3) is 0 Å². The monoisotopic (exact) mass is 718 g/mol. The molecule has 276 valence electrons. The summed E-state index contributed by atoms with van der Waals surface area (Å²) in [6, 6.07) is 5.52. The van der Waals surface area contributed by atoms with Crippen LogP contribution in [0.2, 0.25) is 0 Å². The number of unbranched alkanes of at least 4 members (excludes halogenated alkanes) is 2. The summed E-state index contributed by atoms with van der Waals surface area (Å²) in [5.74, 6) is 0.625. The molecule has 1 unspecified atom stereocenters. The molecule has 2 aromatic heterocycles. The summed E-state index contributed by atoms with van der Waals surface area (Å²) in [6.45, 7) is 5.71. The Balaban J connectivity index is 1.50. The summed E-state index contributed by atoms with van der Waals surface area (Å²) in [4.78, 5) is 43.7. The van der Waals surface area contributed by atoms with E-state index in [2.05, 4.69) is 11.9 Å². The van der Waals surface area contributed by atoms with E-state index in [0.29, 0.717) is 48.6 Å². The van der Waals surface area contributed by atoms with Gasteiger partial charge in [0.15, 0.2) is 11.9 Å². The van der Waals surface area contributed by atoms with Crippen molar-refractivity contribution in [2.45, 2.75) is 91.2 Å². The van der Waals surface area contributed by atoms with Crippen LogP contribution in [0.15, 0.2) is 42.5 Å². The lowest BCUT2D eigenvalue weighted by Crippen LogP contribution is -2.29. The van der Waals surface area contributed by atoms with E-state index in [1.165, 1.54) is 0 Å². The quantitative estimate of drug-likeness (QED) is 0.0425. The van der Waals surface area contributed by atoms with Crippen molar-refractivity contribution in [2.75, 3.05) is 38.8 Å². The zero-order valence-corrected chi connectivity index (χ0v) is 30.1. The van der Waals surface area contributed by atoms with Crippen molar-refractivity contribution in [1.29, 1.82) is 0 Å². The lowest BCUT2D eigenvalue weighted by Gasteiger charge is -2.19. The van der Waals surface area contributed by atoms with Crippen LogP contribution in [-0.4, -0.2) is 75.6 Å². The van der Waals surface area contributed by atoms with Gasteiger partial charge in [-0.25, -0.2) is 14.5 Å². The Morgan fingerprint density at radius 2 is 1.68 bits per heavy atom. The summed E-state index contributed by atoms with van der Waals surface area (Å²) in [7, 11) is -4.50. The van der Waals surface area contributed by atoms with Crippen molar-refractivity contribution >= 4 is 47.5 Å². The molecule has 0 saturated carbocycles. The average molecular weight is 719 g/mol. The lowest BCUT2D eigenvalue weighted by molar-refractivity contribution is -0.160. The molecule has 0 aliphatic rings. The molecule has 0 aliphatic carbocycles. The first kappa shape index (κ1) is 40.6. The Morgan fingerprint density at radius 1 is 0.960 bits per heavy atom. The van der Waals surface area contributed by atoms with E-state index in [-0.39, 0.29) is 32.7 Å². The number of phosphoric acid groups is 1. The number of hydrogen-bond acceptors (Lipinski definition) is 12. The summed E-state index contributed by atoms with van der Waals surface area (Å²) in [5.41, 5.74) is 8.38. The molecule has 2 heterocycles. The molecule has 0 bridgehead atoms. The number of anilines is 1. The van der Waals surface area contributed by atoms with Gasteiger partial charge in [-0.15, -0.1) is 0 Å². The number of ether oxygens (including phenoxy) is 3. The van der Waals surface area contributed by atoms with Crippen molar-refractivity contribution < 1.29 is 47.4 Å². The molecule has 0 saturated heterocycles. The Kier molecular flexibility index (Phi) is 17.4. The second-order valence-electron chi connectivity index (χ2n) is 11.5. The summed E-state index contributed by atoms with van der Waals surface area (Å²) in [5, 5.41) is 10.6. The Hall–Kier alpha value is -3.81. The van der Waals surface area contributed by atoms with E-state index in [0.717, 1.165) is 48.8 Å². The van der Waals surface area contributed by atoms with Gasteiger partial charge in [-0.05, 0) is 44.2 Å². The highest BCUT2D eigenvalue weighted by Gasteiger charge is 2.26. The van der Waals surface area contributed by atoms with Crippen LogP contribution in [0.3, 0.4) is 0 Å². The van der Waals surface area contributed by atoms with Crippen molar-refractivity contribution in [3.05, 3.63) is 48.3 Å². The first-order valence-corrected chi connectivity index (χ1v) is 18.7. The average Bonchev–Trinajstić information content (AvgIpc) is 3.45. The number of imidazole rings is 1. The molecule has 0 fully saturated rings. The number of benzene rings is 1. The van der Waals surface area contributed by atoms with Gasteiger partial charge in [-0.3, -0.25) is 18.6 Å². The second kappa shape index (κ2) is 21.4. The van der Waals surface area contributed by atoms with Gasteiger partial charge in [0, 0.05) is 24.4 Å². The van der Waals surface area contributed by atoms with Gasteiger partial charge in [-0.2, -0.15) is 0 Å². The van der Waals surface area contributed by atoms with Crippen LogP contribution < -0.4 is 10.5 Å². The fourth-order valence-corrected chi connectivity index (χ4v) is 5.76. The molecule has 50 heavy (non-hydrogen) atoms. The molecule has 14 nitrogen and oxygen atoms in total. The zero-order chi connectivity index (χ0) is 36.4. The highest BCUT2D eigenvalue weighted by molar-refractivity contribution is 7.47. The van der Waals surface area contributed by atoms with E-state index >= 15 is 0 Å². The number of pyridine rings is 1. The summed E-state index contributed by atoms with van der Waals surface area (Å²) in [6.07, 6.45) is 11.1. The number of phosphoric ester groups is 1. The number of nitrogens with two attached hydrogens (primary N) is 1. The minimum Gasteiger partial charge on any atom is -0.494 e. The fourth-order valence-electron chi connectivity index (χ4n) is 4.97. The first-order valence-electron chi connectivity index (χ1n) is 17.2.